The summed E-state index contributed by atoms with van der Waals surface area (Å²) in [4.78, 5) is 37.1. The number of carbonyl (C=O) groups excluding carboxylic acids is 3. The second-order valence-electron chi connectivity index (χ2n) is 6.02. The first-order chi connectivity index (χ1) is 13.5. The number of rotatable bonds is 7. The quantitative estimate of drug-likeness (QED) is 0.421. The first-order valence-corrected chi connectivity index (χ1v) is 9.49. The van der Waals surface area contributed by atoms with Gasteiger partial charge in [-0.05, 0) is 47.8 Å². The lowest BCUT2D eigenvalue weighted by Crippen LogP contribution is -2.46. The molecule has 3 rings (SSSR count). The summed E-state index contributed by atoms with van der Waals surface area (Å²) in [5.74, 6) is -0.746. The lowest BCUT2D eigenvalue weighted by molar-refractivity contribution is -0.114. The summed E-state index contributed by atoms with van der Waals surface area (Å²) < 4.78 is 0. The first-order valence-electron chi connectivity index (χ1n) is 8.61. The van der Waals surface area contributed by atoms with Crippen molar-refractivity contribution in [2.75, 3.05) is 10.6 Å². The summed E-state index contributed by atoms with van der Waals surface area (Å²) in [5.41, 5.74) is 1.75. The van der Waals surface area contributed by atoms with Crippen LogP contribution in [0.25, 0.3) is 0 Å². The number of nitrogens with one attached hydrogen (secondary N) is 3. The predicted molar refractivity (Wildman–Crippen MR) is 111 cm³/mol. The van der Waals surface area contributed by atoms with Crippen molar-refractivity contribution in [1.82, 2.24) is 5.32 Å². The highest BCUT2D eigenvalue weighted by atomic mass is 32.1. The van der Waals surface area contributed by atoms with Crippen LogP contribution in [-0.4, -0.2) is 23.8 Å². The van der Waals surface area contributed by atoms with Crippen molar-refractivity contribution >= 4 is 40.3 Å². The third-order valence-electron chi connectivity index (χ3n) is 3.85. The van der Waals surface area contributed by atoms with Gasteiger partial charge in [-0.3, -0.25) is 14.4 Å². The van der Waals surface area contributed by atoms with Gasteiger partial charge in [0.15, 0.2) is 6.17 Å². The van der Waals surface area contributed by atoms with Crippen molar-refractivity contribution in [3.63, 3.8) is 0 Å². The number of hydrogen-bond acceptors (Lipinski definition) is 5. The molecule has 0 aliphatic heterocycles. The maximum atomic E-state index is 12.9. The van der Waals surface area contributed by atoms with Crippen molar-refractivity contribution in [1.29, 1.82) is 0 Å². The molecule has 142 valence electrons. The monoisotopic (exact) mass is 393 g/mol. The van der Waals surface area contributed by atoms with E-state index < -0.39 is 6.17 Å². The molecule has 2 aromatic carbocycles. The van der Waals surface area contributed by atoms with Crippen LogP contribution in [-0.2, 0) is 4.79 Å². The highest BCUT2D eigenvalue weighted by Crippen LogP contribution is 2.17. The highest BCUT2D eigenvalue weighted by Gasteiger charge is 2.23. The molecular formula is C21H19N3O3S. The Morgan fingerprint density at radius 3 is 2.14 bits per heavy atom. The molecule has 0 radical (unpaired) electrons. The van der Waals surface area contributed by atoms with Gasteiger partial charge in [0, 0.05) is 23.9 Å². The Hall–Kier alpha value is -3.45. The van der Waals surface area contributed by atoms with Gasteiger partial charge in [0.2, 0.25) is 11.7 Å². The van der Waals surface area contributed by atoms with Gasteiger partial charge in [-0.2, -0.15) is 0 Å². The molecule has 0 spiro atoms. The molecule has 0 saturated heterocycles. The van der Waals surface area contributed by atoms with Crippen LogP contribution >= 0.6 is 11.3 Å². The fourth-order valence-electron chi connectivity index (χ4n) is 2.55. The van der Waals surface area contributed by atoms with E-state index in [1.54, 1.807) is 60.7 Å². The topological polar surface area (TPSA) is 87.3 Å². The number of ketones is 1. The second kappa shape index (κ2) is 8.96. The van der Waals surface area contributed by atoms with Gasteiger partial charge in [-0.15, -0.1) is 11.3 Å². The van der Waals surface area contributed by atoms with Gasteiger partial charge in [-0.1, -0.05) is 24.3 Å². The highest BCUT2D eigenvalue weighted by molar-refractivity contribution is 7.12. The van der Waals surface area contributed by atoms with Crippen LogP contribution in [0.2, 0.25) is 0 Å². The zero-order chi connectivity index (χ0) is 19.9. The molecule has 3 N–H and O–H groups in total. The molecule has 1 heterocycles. The van der Waals surface area contributed by atoms with Crippen molar-refractivity contribution in [2.24, 2.45) is 0 Å². The molecule has 1 atom stereocenters. The van der Waals surface area contributed by atoms with E-state index in [4.69, 9.17) is 0 Å². The third kappa shape index (κ3) is 5.05. The number of anilines is 2. The molecule has 1 aromatic heterocycles. The van der Waals surface area contributed by atoms with Gasteiger partial charge in [0.05, 0.1) is 4.88 Å². The Bertz CT molecular complexity index is 954. The molecule has 0 fully saturated rings. The number of benzene rings is 2. The minimum Gasteiger partial charge on any atom is -0.359 e. The molecule has 6 nitrogen and oxygen atoms in total. The maximum absolute atomic E-state index is 12.9. The van der Waals surface area contributed by atoms with Gasteiger partial charge in [0.25, 0.3) is 5.91 Å². The van der Waals surface area contributed by atoms with Crippen molar-refractivity contribution < 1.29 is 14.4 Å². The Kier molecular flexibility index (Phi) is 6.18. The van der Waals surface area contributed by atoms with E-state index in [9.17, 15) is 14.4 Å². The zero-order valence-corrected chi connectivity index (χ0v) is 16.0. The van der Waals surface area contributed by atoms with Crippen molar-refractivity contribution in [2.45, 2.75) is 13.1 Å². The number of amides is 2. The van der Waals surface area contributed by atoms with Crippen molar-refractivity contribution in [3.05, 3.63) is 82.6 Å². The number of thiophene rings is 1. The third-order valence-corrected chi connectivity index (χ3v) is 4.74. The average molecular weight is 393 g/mol. The van der Waals surface area contributed by atoms with Crippen LogP contribution < -0.4 is 16.0 Å². The van der Waals surface area contributed by atoms with Crippen LogP contribution in [0.4, 0.5) is 11.4 Å². The predicted octanol–water partition coefficient (Wildman–Crippen LogP) is 3.76. The van der Waals surface area contributed by atoms with E-state index in [0.717, 1.165) is 0 Å². The standard InChI is InChI=1S/C21H19N3O3S/c1-14(25)22-16-9-11-17(12-10-16)23-20(19(26)18-8-5-13-28-18)24-21(27)15-6-3-2-4-7-15/h2-13,20,23H,1H3,(H,22,25)(H,24,27)/t20-/m1/s1. The van der Waals surface area contributed by atoms with E-state index in [1.807, 2.05) is 11.4 Å². The minimum absolute atomic E-state index is 0.165. The summed E-state index contributed by atoms with van der Waals surface area (Å²) in [6.45, 7) is 1.43. The Morgan fingerprint density at radius 2 is 1.54 bits per heavy atom. The summed E-state index contributed by atoms with van der Waals surface area (Å²) in [6, 6.07) is 19.1. The minimum atomic E-state index is -0.932. The number of hydrogen-bond donors (Lipinski definition) is 3. The molecule has 0 bridgehead atoms. The van der Waals surface area contributed by atoms with E-state index >= 15 is 0 Å². The van der Waals surface area contributed by atoms with Crippen LogP contribution in [0.3, 0.4) is 0 Å². The molecule has 0 aliphatic carbocycles. The molecule has 28 heavy (non-hydrogen) atoms. The van der Waals surface area contributed by atoms with Gasteiger partial charge in [-0.25, -0.2) is 0 Å². The SMILES string of the molecule is CC(=O)Nc1ccc(N[C@H](NC(=O)c2ccccc2)C(=O)c2cccs2)cc1. The second-order valence-corrected chi connectivity index (χ2v) is 6.96. The van der Waals surface area contributed by atoms with E-state index in [1.165, 1.54) is 18.3 Å². The lowest BCUT2D eigenvalue weighted by atomic mass is 10.2. The van der Waals surface area contributed by atoms with E-state index in [0.29, 0.717) is 21.8 Å². The number of Topliss-reactive ketones (excluding diaryl/α,β-unsaturated/α-hetero) is 1. The molecule has 0 aliphatic rings. The van der Waals surface area contributed by atoms with Crippen LogP contribution in [0, 0.1) is 0 Å². The smallest absolute Gasteiger partial charge is 0.253 e. The Morgan fingerprint density at radius 1 is 0.857 bits per heavy atom. The molecule has 0 unspecified atom stereocenters. The summed E-state index contributed by atoms with van der Waals surface area (Å²) >= 11 is 1.31. The summed E-state index contributed by atoms with van der Waals surface area (Å²) in [6.07, 6.45) is -0.932. The fourth-order valence-corrected chi connectivity index (χ4v) is 3.25. The van der Waals surface area contributed by atoms with Crippen LogP contribution in [0.15, 0.2) is 72.1 Å². The Labute approximate surface area is 166 Å². The normalized spacial score (nSPS) is 11.3. The van der Waals surface area contributed by atoms with Crippen LogP contribution in [0.1, 0.15) is 27.0 Å². The van der Waals surface area contributed by atoms with Crippen LogP contribution in [0.5, 0.6) is 0 Å². The van der Waals surface area contributed by atoms with E-state index in [-0.39, 0.29) is 17.6 Å². The van der Waals surface area contributed by atoms with Gasteiger partial charge < -0.3 is 16.0 Å². The fraction of sp³-hybridized carbons (Fsp3) is 0.0952. The summed E-state index contributed by atoms with van der Waals surface area (Å²) in [5, 5.41) is 10.3. The van der Waals surface area contributed by atoms with E-state index in [2.05, 4.69) is 16.0 Å². The number of carbonyl (C=O) groups is 3. The largest absolute Gasteiger partial charge is 0.359 e. The van der Waals surface area contributed by atoms with Gasteiger partial charge >= 0.3 is 0 Å². The van der Waals surface area contributed by atoms with Crippen molar-refractivity contribution in [3.8, 4) is 0 Å². The molecule has 3 aromatic rings. The summed E-state index contributed by atoms with van der Waals surface area (Å²) in [7, 11) is 0. The maximum Gasteiger partial charge on any atom is 0.253 e. The first kappa shape index (κ1) is 19.3. The average Bonchev–Trinajstić information content (AvgIpc) is 3.23. The Balaban J connectivity index is 1.79. The molecular weight excluding hydrogens is 374 g/mol. The lowest BCUT2D eigenvalue weighted by Gasteiger charge is -2.20. The molecule has 2 amide bonds. The van der Waals surface area contributed by atoms with Gasteiger partial charge in [0.1, 0.15) is 0 Å². The molecule has 0 saturated carbocycles. The zero-order valence-electron chi connectivity index (χ0n) is 15.1. The molecule has 7 heteroatoms.